The van der Waals surface area contributed by atoms with Crippen LogP contribution in [-0.4, -0.2) is 27.5 Å². The lowest BCUT2D eigenvalue weighted by Crippen LogP contribution is -2.42. The predicted molar refractivity (Wildman–Crippen MR) is 138 cm³/mol. The first-order valence-electron chi connectivity index (χ1n) is 11.6. The van der Waals surface area contributed by atoms with Crippen LogP contribution < -0.4 is 15.1 Å². The molecular weight excluding hydrogens is 539 g/mol. The number of aryl methyl sites for hydroxylation is 1. The number of rotatable bonds is 4. The lowest BCUT2D eigenvalue weighted by atomic mass is 9.76. The van der Waals surface area contributed by atoms with E-state index >= 15 is 0 Å². The second-order valence-electron chi connectivity index (χ2n) is 9.77. The highest BCUT2D eigenvalue weighted by Crippen LogP contribution is 2.55. The van der Waals surface area contributed by atoms with Crippen molar-refractivity contribution in [2.75, 3.05) is 10.2 Å². The number of alkyl halides is 3. The first-order chi connectivity index (χ1) is 17.8. The third-order valence-electron chi connectivity index (χ3n) is 6.76. The minimum atomic E-state index is -4.77. The number of carbonyl (C=O) groups is 3. The first-order valence-corrected chi connectivity index (χ1v) is 13.3. The maximum atomic E-state index is 13.7. The van der Waals surface area contributed by atoms with E-state index in [-0.39, 0.29) is 6.54 Å². The van der Waals surface area contributed by atoms with Crippen LogP contribution in [0.1, 0.15) is 29.9 Å². The standard InChI is InChI=1S/C26H22F3N3O4S2/c1-13-7-6-8-14(11-13)30-17(33)12-31-23-20(38-24(31)36)25(2,3)18-19(37-23)22(35)32(21(18)34)16-10-5-4-9-15(16)26(27,28)29/h4-11,18-19H,12H2,1-3H3,(H,30,33)/t18-,19+/m1/s1. The molecule has 2 aliphatic heterocycles. The fourth-order valence-electron chi connectivity index (χ4n) is 4.98. The van der Waals surface area contributed by atoms with Crippen LogP contribution in [-0.2, 0) is 32.5 Å². The molecule has 2 atom stereocenters. The fourth-order valence-corrected chi connectivity index (χ4v) is 8.02. The number of hydrogen-bond acceptors (Lipinski definition) is 6. The highest BCUT2D eigenvalue weighted by Gasteiger charge is 2.60. The molecule has 38 heavy (non-hydrogen) atoms. The van der Waals surface area contributed by atoms with Gasteiger partial charge >= 0.3 is 11.0 Å². The van der Waals surface area contributed by atoms with Gasteiger partial charge in [0.05, 0.1) is 22.2 Å². The molecule has 0 bridgehead atoms. The summed E-state index contributed by atoms with van der Waals surface area (Å²) < 4.78 is 42.4. The zero-order valence-electron chi connectivity index (χ0n) is 20.5. The van der Waals surface area contributed by atoms with E-state index in [9.17, 15) is 32.3 Å². The van der Waals surface area contributed by atoms with Crippen LogP contribution in [0.5, 0.6) is 0 Å². The summed E-state index contributed by atoms with van der Waals surface area (Å²) >= 11 is 1.83. The van der Waals surface area contributed by atoms with Gasteiger partial charge in [-0.15, -0.1) is 0 Å². The van der Waals surface area contributed by atoms with Crippen molar-refractivity contribution < 1.29 is 27.6 Å². The average Bonchev–Trinajstić information content (AvgIpc) is 3.27. The molecule has 3 amide bonds. The normalized spacial score (nSPS) is 20.3. The quantitative estimate of drug-likeness (QED) is 0.462. The van der Waals surface area contributed by atoms with Crippen molar-refractivity contribution in [2.24, 2.45) is 5.92 Å². The van der Waals surface area contributed by atoms with E-state index in [1.54, 1.807) is 32.0 Å². The number of anilines is 2. The van der Waals surface area contributed by atoms with Gasteiger partial charge in [0.25, 0.3) is 0 Å². The second-order valence-corrected chi connectivity index (χ2v) is 11.9. The van der Waals surface area contributed by atoms with Crippen molar-refractivity contribution in [3.63, 3.8) is 0 Å². The molecule has 2 aromatic carbocycles. The second kappa shape index (κ2) is 9.12. The number of nitrogens with one attached hydrogen (secondary N) is 1. The molecule has 1 aromatic heterocycles. The Morgan fingerprint density at radius 1 is 1.05 bits per heavy atom. The molecule has 0 radical (unpaired) electrons. The van der Waals surface area contributed by atoms with Crippen molar-refractivity contribution in [2.45, 2.75) is 49.2 Å². The minimum Gasteiger partial charge on any atom is -0.325 e. The Kier molecular flexibility index (Phi) is 6.30. The molecular formula is C26H22F3N3O4S2. The SMILES string of the molecule is Cc1cccc(NC(=O)Cn2c3c(sc2=O)C(C)(C)[C@H]2C(=O)N(c4ccccc4C(F)(F)F)C(=O)[C@H]2S3)c1. The van der Waals surface area contributed by atoms with Crippen molar-refractivity contribution in [3.8, 4) is 0 Å². The van der Waals surface area contributed by atoms with E-state index in [2.05, 4.69) is 5.32 Å². The number of hydrogen-bond donors (Lipinski definition) is 1. The van der Waals surface area contributed by atoms with Crippen LogP contribution >= 0.6 is 23.1 Å². The third-order valence-corrected chi connectivity index (χ3v) is 9.58. The molecule has 1 saturated heterocycles. The number of thioether (sulfide) groups is 1. The Bertz CT molecular complexity index is 1540. The van der Waals surface area contributed by atoms with Crippen LogP contribution in [0.2, 0.25) is 0 Å². The van der Waals surface area contributed by atoms with E-state index in [1.165, 1.54) is 16.7 Å². The van der Waals surface area contributed by atoms with Gasteiger partial charge in [-0.1, -0.05) is 61.2 Å². The Hall–Kier alpha value is -3.38. The molecule has 3 aromatic rings. The van der Waals surface area contributed by atoms with Gasteiger partial charge in [0.15, 0.2) is 0 Å². The highest BCUT2D eigenvalue weighted by molar-refractivity contribution is 8.00. The van der Waals surface area contributed by atoms with Crippen LogP contribution in [0.3, 0.4) is 0 Å². The van der Waals surface area contributed by atoms with Gasteiger partial charge in [-0.2, -0.15) is 13.2 Å². The van der Waals surface area contributed by atoms with Crippen LogP contribution in [0.4, 0.5) is 24.5 Å². The molecule has 3 heterocycles. The molecule has 1 fully saturated rings. The number of carbonyl (C=O) groups excluding carboxylic acids is 3. The number of nitrogens with zero attached hydrogens (tertiary/aromatic N) is 2. The minimum absolute atomic E-state index is 0.318. The van der Waals surface area contributed by atoms with Gasteiger partial charge in [0, 0.05) is 16.0 Å². The lowest BCUT2D eigenvalue weighted by molar-refractivity contribution is -0.137. The van der Waals surface area contributed by atoms with Crippen LogP contribution in [0.25, 0.3) is 0 Å². The largest absolute Gasteiger partial charge is 0.418 e. The van der Waals surface area contributed by atoms with Crippen molar-refractivity contribution in [1.29, 1.82) is 0 Å². The van der Waals surface area contributed by atoms with Crippen LogP contribution in [0, 0.1) is 12.8 Å². The Labute approximate surface area is 223 Å². The summed E-state index contributed by atoms with van der Waals surface area (Å²) in [6.07, 6.45) is -4.77. The molecule has 0 spiro atoms. The number of para-hydroxylation sites is 1. The molecule has 7 nitrogen and oxygen atoms in total. The maximum absolute atomic E-state index is 13.7. The average molecular weight is 562 g/mol. The zero-order chi connectivity index (χ0) is 27.6. The lowest BCUT2D eigenvalue weighted by Gasteiger charge is -2.36. The molecule has 0 aliphatic carbocycles. The van der Waals surface area contributed by atoms with E-state index < -0.39 is 56.6 Å². The van der Waals surface area contributed by atoms with Gasteiger partial charge in [0.1, 0.15) is 11.8 Å². The Morgan fingerprint density at radius 3 is 2.45 bits per heavy atom. The number of aromatic nitrogens is 1. The molecule has 1 N–H and O–H groups in total. The number of thiazole rings is 1. The fraction of sp³-hybridized carbons (Fsp3) is 0.308. The Morgan fingerprint density at radius 2 is 1.76 bits per heavy atom. The summed E-state index contributed by atoms with van der Waals surface area (Å²) in [5, 5.41) is 2.07. The predicted octanol–water partition coefficient (Wildman–Crippen LogP) is 4.82. The molecule has 0 unspecified atom stereocenters. The molecule has 5 rings (SSSR count). The van der Waals surface area contributed by atoms with Gasteiger partial charge < -0.3 is 5.32 Å². The monoisotopic (exact) mass is 561 g/mol. The van der Waals surface area contributed by atoms with E-state index in [0.29, 0.717) is 20.5 Å². The number of amides is 3. The van der Waals surface area contributed by atoms with Crippen molar-refractivity contribution in [3.05, 3.63) is 74.2 Å². The van der Waals surface area contributed by atoms with Gasteiger partial charge in [-0.05, 0) is 36.8 Å². The first kappa shape index (κ1) is 26.2. The zero-order valence-corrected chi connectivity index (χ0v) is 22.1. The van der Waals surface area contributed by atoms with Crippen molar-refractivity contribution >= 4 is 52.2 Å². The Balaban J connectivity index is 1.50. The van der Waals surface area contributed by atoms with Crippen molar-refractivity contribution in [1.82, 2.24) is 4.57 Å². The topological polar surface area (TPSA) is 88.5 Å². The summed E-state index contributed by atoms with van der Waals surface area (Å²) in [5.41, 5.74) is -1.13. The van der Waals surface area contributed by atoms with Gasteiger partial charge in [-0.25, -0.2) is 4.90 Å². The van der Waals surface area contributed by atoms with E-state index in [1.807, 2.05) is 13.0 Å². The highest BCUT2D eigenvalue weighted by atomic mass is 32.2. The van der Waals surface area contributed by atoms with Crippen LogP contribution in [0.15, 0.2) is 58.4 Å². The molecule has 198 valence electrons. The summed E-state index contributed by atoms with van der Waals surface area (Å²) in [4.78, 5) is 53.5. The maximum Gasteiger partial charge on any atom is 0.418 e. The van der Waals surface area contributed by atoms with Gasteiger partial charge in [-0.3, -0.25) is 23.7 Å². The molecule has 2 aliphatic rings. The van der Waals surface area contributed by atoms with Gasteiger partial charge in [0.2, 0.25) is 17.7 Å². The summed E-state index contributed by atoms with van der Waals surface area (Å²) in [7, 11) is 0. The summed E-state index contributed by atoms with van der Waals surface area (Å²) in [6, 6.07) is 11.6. The number of halogens is 3. The van der Waals surface area contributed by atoms with E-state index in [0.717, 1.165) is 40.8 Å². The smallest absolute Gasteiger partial charge is 0.325 e. The summed E-state index contributed by atoms with van der Waals surface area (Å²) in [5.74, 6) is -2.96. The number of benzene rings is 2. The number of imide groups is 1. The molecule has 12 heteroatoms. The van der Waals surface area contributed by atoms with E-state index in [4.69, 9.17) is 0 Å². The molecule has 0 saturated carbocycles. The third kappa shape index (κ3) is 4.25. The number of fused-ring (bicyclic) bond motifs is 2. The summed E-state index contributed by atoms with van der Waals surface area (Å²) in [6.45, 7) is 4.95.